The molecule has 44 heavy (non-hydrogen) atoms. The minimum Gasteiger partial charge on any atom is -0.475 e. The van der Waals surface area contributed by atoms with Crippen LogP contribution in [0.4, 0.5) is 0 Å². The van der Waals surface area contributed by atoms with Crippen LogP contribution >= 0.6 is 23.2 Å². The Hall–Kier alpha value is -3.54. The van der Waals surface area contributed by atoms with E-state index in [1.807, 2.05) is 43.1 Å². The first-order valence-corrected chi connectivity index (χ1v) is 14.8. The van der Waals surface area contributed by atoms with Gasteiger partial charge in [0, 0.05) is 78.4 Å². The number of aryl methyl sites for hydroxylation is 1. The number of aromatic carboxylic acids is 1. The lowest BCUT2D eigenvalue weighted by Crippen LogP contribution is -2.31. The molecular weight excluding hydrogens is 611 g/mol. The molecule has 0 saturated carbocycles. The maximum absolute atomic E-state index is 12.0. The number of furan rings is 2. The summed E-state index contributed by atoms with van der Waals surface area (Å²) in [6.07, 6.45) is 4.17. The first kappa shape index (κ1) is 33.4. The Morgan fingerprint density at radius 3 is 2.25 bits per heavy atom. The standard InChI is InChI=1S/C17H22ClNO5.C15H14ClNO3/c1-5-10-12(18)6-7-13-15(10)11(16(24-13)17(20)21)8-19(2)9-14(22-3)23-4;1-3-19-15(18)14-10-8-17(2)7-6-9-11(16)4-5-12(20-14)13(9)10/h6-7,14H,5,8-9H2,1-4H3,(H,20,21);4-7H,3,8H2,1-2H3. The van der Waals surface area contributed by atoms with E-state index in [1.54, 1.807) is 45.4 Å². The molecule has 236 valence electrons. The average molecular weight is 648 g/mol. The molecule has 0 fully saturated rings. The molecule has 0 radical (unpaired) electrons. The lowest BCUT2D eigenvalue weighted by atomic mass is 10.0. The van der Waals surface area contributed by atoms with Crippen LogP contribution in [-0.2, 0) is 33.7 Å². The highest BCUT2D eigenvalue weighted by atomic mass is 35.5. The third-order valence-corrected chi connectivity index (χ3v) is 7.96. The maximum Gasteiger partial charge on any atom is 0.374 e. The Kier molecular flexibility index (Phi) is 11.0. The van der Waals surface area contributed by atoms with E-state index < -0.39 is 18.2 Å². The molecule has 0 saturated heterocycles. The quantitative estimate of drug-likeness (QED) is 0.142. The first-order chi connectivity index (χ1) is 21.0. The van der Waals surface area contributed by atoms with Crippen molar-refractivity contribution in [2.45, 2.75) is 39.6 Å². The number of ether oxygens (including phenoxy) is 3. The number of rotatable bonds is 10. The number of nitrogens with zero attached hydrogens (tertiary/aromatic N) is 2. The van der Waals surface area contributed by atoms with Crippen molar-refractivity contribution >= 4 is 63.2 Å². The smallest absolute Gasteiger partial charge is 0.374 e. The highest BCUT2D eigenvalue weighted by molar-refractivity contribution is 6.33. The van der Waals surface area contributed by atoms with Crippen molar-refractivity contribution in [2.75, 3.05) is 41.5 Å². The Balaban J connectivity index is 0.000000204. The van der Waals surface area contributed by atoms with E-state index in [9.17, 15) is 14.7 Å². The number of hydrogen-bond acceptors (Lipinski definition) is 9. The van der Waals surface area contributed by atoms with Crippen LogP contribution in [0.2, 0.25) is 10.0 Å². The molecular formula is C32H36Cl2N2O8. The fourth-order valence-electron chi connectivity index (χ4n) is 5.24. The molecule has 2 aromatic carbocycles. The molecule has 0 spiro atoms. The molecule has 5 rings (SSSR count). The van der Waals surface area contributed by atoms with E-state index >= 15 is 0 Å². The number of methoxy groups -OCH3 is 2. The van der Waals surface area contributed by atoms with Crippen LogP contribution in [0.5, 0.6) is 0 Å². The van der Waals surface area contributed by atoms with E-state index in [2.05, 4.69) is 0 Å². The Bertz CT molecular complexity index is 1690. The fourth-order valence-corrected chi connectivity index (χ4v) is 5.75. The van der Waals surface area contributed by atoms with Crippen LogP contribution in [0.3, 0.4) is 0 Å². The molecule has 12 heteroatoms. The van der Waals surface area contributed by atoms with Gasteiger partial charge in [-0.05, 0) is 62.5 Å². The highest BCUT2D eigenvalue weighted by Crippen LogP contribution is 2.37. The number of hydrogen-bond donors (Lipinski definition) is 1. The molecule has 0 atom stereocenters. The third kappa shape index (κ3) is 6.90. The van der Waals surface area contributed by atoms with Gasteiger partial charge in [0.05, 0.1) is 6.61 Å². The number of carboxylic acid groups (broad SMARTS) is 1. The van der Waals surface area contributed by atoms with Crippen molar-refractivity contribution in [3.05, 3.63) is 74.3 Å². The highest BCUT2D eigenvalue weighted by Gasteiger charge is 2.26. The van der Waals surface area contributed by atoms with E-state index in [4.69, 9.17) is 46.2 Å². The second-order valence-electron chi connectivity index (χ2n) is 10.3. The lowest BCUT2D eigenvalue weighted by Gasteiger charge is -2.22. The summed E-state index contributed by atoms with van der Waals surface area (Å²) < 4.78 is 26.7. The molecule has 10 nitrogen and oxygen atoms in total. The van der Waals surface area contributed by atoms with Crippen molar-refractivity contribution < 1.29 is 37.7 Å². The summed E-state index contributed by atoms with van der Waals surface area (Å²) in [7, 11) is 6.93. The van der Waals surface area contributed by atoms with Crippen LogP contribution in [0.1, 0.15) is 57.2 Å². The number of likely N-dealkylation sites (N-methyl/N-ethyl adjacent to an activating group) is 1. The maximum atomic E-state index is 12.0. The van der Waals surface area contributed by atoms with Crippen LogP contribution < -0.4 is 0 Å². The number of carbonyl (C=O) groups is 2. The number of carboxylic acids is 1. The van der Waals surface area contributed by atoms with Gasteiger partial charge in [0.15, 0.2) is 6.29 Å². The zero-order valence-corrected chi connectivity index (χ0v) is 27.0. The van der Waals surface area contributed by atoms with Crippen molar-refractivity contribution in [1.29, 1.82) is 0 Å². The van der Waals surface area contributed by atoms with Gasteiger partial charge in [0.25, 0.3) is 0 Å². The second-order valence-corrected chi connectivity index (χ2v) is 11.1. The zero-order chi connectivity index (χ0) is 32.1. The molecule has 3 heterocycles. The van der Waals surface area contributed by atoms with E-state index in [-0.39, 0.29) is 11.5 Å². The van der Waals surface area contributed by atoms with Crippen LogP contribution in [-0.4, -0.2) is 74.6 Å². The number of fused-ring (bicyclic) bond motifs is 1. The predicted octanol–water partition coefficient (Wildman–Crippen LogP) is 7.08. The Morgan fingerprint density at radius 2 is 1.64 bits per heavy atom. The summed E-state index contributed by atoms with van der Waals surface area (Å²) in [6, 6.07) is 7.00. The van der Waals surface area contributed by atoms with Crippen molar-refractivity contribution in [3.8, 4) is 0 Å². The molecule has 0 aliphatic carbocycles. The predicted molar refractivity (Wildman–Crippen MR) is 169 cm³/mol. The van der Waals surface area contributed by atoms with E-state index in [1.165, 1.54) is 0 Å². The van der Waals surface area contributed by atoms with Gasteiger partial charge in [-0.1, -0.05) is 30.1 Å². The van der Waals surface area contributed by atoms with Gasteiger partial charge >= 0.3 is 11.9 Å². The van der Waals surface area contributed by atoms with Gasteiger partial charge in [0.2, 0.25) is 11.5 Å². The summed E-state index contributed by atoms with van der Waals surface area (Å²) in [5.74, 6) is -1.32. The zero-order valence-electron chi connectivity index (χ0n) is 25.5. The number of benzene rings is 2. The first-order valence-electron chi connectivity index (χ1n) is 14.0. The molecule has 1 aliphatic rings. The summed E-state index contributed by atoms with van der Waals surface area (Å²) >= 11 is 12.5. The fraction of sp³-hybridized carbons (Fsp3) is 0.375. The summed E-state index contributed by atoms with van der Waals surface area (Å²) in [5.41, 5.74) is 4.40. The monoisotopic (exact) mass is 646 g/mol. The number of halogens is 2. The van der Waals surface area contributed by atoms with Crippen molar-refractivity contribution in [1.82, 2.24) is 9.80 Å². The number of esters is 1. The van der Waals surface area contributed by atoms with Gasteiger partial charge in [-0.3, -0.25) is 4.90 Å². The van der Waals surface area contributed by atoms with Gasteiger partial charge in [-0.25, -0.2) is 9.59 Å². The summed E-state index contributed by atoms with van der Waals surface area (Å²) in [5, 5.41) is 12.4. The molecule has 4 aromatic rings. The molecule has 0 bridgehead atoms. The van der Waals surface area contributed by atoms with Gasteiger partial charge in [-0.15, -0.1) is 0 Å². The van der Waals surface area contributed by atoms with Gasteiger partial charge < -0.3 is 33.1 Å². The van der Waals surface area contributed by atoms with Crippen molar-refractivity contribution in [3.63, 3.8) is 0 Å². The largest absolute Gasteiger partial charge is 0.475 e. The molecule has 2 aromatic heterocycles. The summed E-state index contributed by atoms with van der Waals surface area (Å²) in [4.78, 5) is 27.5. The van der Waals surface area contributed by atoms with Gasteiger partial charge in [-0.2, -0.15) is 0 Å². The van der Waals surface area contributed by atoms with Crippen LogP contribution in [0, 0.1) is 0 Å². The Labute approximate surface area is 265 Å². The van der Waals surface area contributed by atoms with Crippen molar-refractivity contribution in [2.24, 2.45) is 0 Å². The number of carbonyl (C=O) groups excluding carboxylic acids is 1. The minimum atomic E-state index is -1.09. The lowest BCUT2D eigenvalue weighted by molar-refractivity contribution is -0.114. The average Bonchev–Trinajstić information content (AvgIpc) is 3.48. The SMILES string of the molecule is CCOC(=O)c1oc2ccc(Cl)c3c2c1CN(C)C=C3.CCc1c(Cl)ccc2oc(C(=O)O)c(CN(C)CC(OC)OC)c12. The molecule has 1 N–H and O–H groups in total. The topological polar surface area (TPSA) is 115 Å². The second kappa shape index (κ2) is 14.5. The third-order valence-electron chi connectivity index (χ3n) is 7.27. The van der Waals surface area contributed by atoms with E-state index in [0.29, 0.717) is 59.4 Å². The molecule has 1 aliphatic heterocycles. The van der Waals surface area contributed by atoms with Gasteiger partial charge in [0.1, 0.15) is 11.2 Å². The molecule has 0 amide bonds. The Morgan fingerprint density at radius 1 is 1.00 bits per heavy atom. The minimum absolute atomic E-state index is 0.0554. The molecule has 0 unspecified atom stereocenters. The van der Waals surface area contributed by atoms with Crippen LogP contribution in [0.25, 0.3) is 28.0 Å². The van der Waals surface area contributed by atoms with Crippen LogP contribution in [0.15, 0.2) is 39.3 Å². The summed E-state index contributed by atoms with van der Waals surface area (Å²) in [6.45, 7) is 5.51. The van der Waals surface area contributed by atoms with E-state index in [0.717, 1.165) is 27.5 Å². The normalized spacial score (nSPS) is 12.6.